The second-order valence-electron chi connectivity index (χ2n) is 9.38. The molecule has 8 heteroatoms. The third-order valence-corrected chi connectivity index (χ3v) is 8.28. The minimum atomic E-state index is -3.67. The second-order valence-corrected chi connectivity index (χ2v) is 11.1. The number of methoxy groups -OCH3 is 1. The summed E-state index contributed by atoms with van der Waals surface area (Å²) in [6.07, 6.45) is 8.04. The predicted octanol–water partition coefficient (Wildman–Crippen LogP) is 2.21. The van der Waals surface area contributed by atoms with E-state index in [9.17, 15) is 18.0 Å². The van der Waals surface area contributed by atoms with Gasteiger partial charge in [0.25, 0.3) is 0 Å². The van der Waals surface area contributed by atoms with Gasteiger partial charge in [-0.1, -0.05) is 6.92 Å². The Morgan fingerprint density at radius 3 is 2.46 bits per heavy atom. The molecule has 1 heterocycles. The maximum absolute atomic E-state index is 12.7. The van der Waals surface area contributed by atoms with E-state index in [1.807, 2.05) is 0 Å². The number of carbonyl (C=O) groups is 2. The molecule has 28 heavy (non-hydrogen) atoms. The Labute approximate surface area is 168 Å². The molecule has 1 N–H and O–H groups in total. The molecule has 2 saturated carbocycles. The van der Waals surface area contributed by atoms with Crippen molar-refractivity contribution in [3.8, 4) is 0 Å². The molecule has 0 aromatic carbocycles. The molecule has 1 atom stereocenters. The number of rotatable bonds is 9. The standard InChI is InChI=1S/C20H34N2O5S/c1-19(10-11-19)9-6-17(23)21-28(25,26)15-16-5-3-12-22(14-16)18(24)13-20(27-2)7-4-8-20/h16H,3-15H2,1-2H3,(H,21,23). The molecule has 3 rings (SSSR count). The lowest BCUT2D eigenvalue weighted by molar-refractivity contribution is -0.145. The van der Waals surface area contributed by atoms with E-state index in [0.717, 1.165) is 51.4 Å². The summed E-state index contributed by atoms with van der Waals surface area (Å²) in [7, 11) is -2.02. The Hall–Kier alpha value is -1.15. The number of carbonyl (C=O) groups excluding carboxylic acids is 2. The van der Waals surface area contributed by atoms with Crippen molar-refractivity contribution in [3.63, 3.8) is 0 Å². The van der Waals surface area contributed by atoms with Crippen molar-refractivity contribution < 1.29 is 22.7 Å². The van der Waals surface area contributed by atoms with Crippen LogP contribution in [0.2, 0.25) is 0 Å². The first kappa shape index (κ1) is 21.6. The van der Waals surface area contributed by atoms with Gasteiger partial charge in [0.15, 0.2) is 0 Å². The van der Waals surface area contributed by atoms with Crippen LogP contribution in [0, 0.1) is 11.3 Å². The number of hydrogen-bond acceptors (Lipinski definition) is 5. The SMILES string of the molecule is COC1(CC(=O)N2CCCC(CS(=O)(=O)NC(=O)CCC3(C)CC3)C2)CCC1. The van der Waals surface area contributed by atoms with Gasteiger partial charge in [0.1, 0.15) is 0 Å². The van der Waals surface area contributed by atoms with Crippen LogP contribution < -0.4 is 4.72 Å². The van der Waals surface area contributed by atoms with Crippen molar-refractivity contribution in [2.45, 2.75) is 76.7 Å². The van der Waals surface area contributed by atoms with Crippen molar-refractivity contribution in [3.05, 3.63) is 0 Å². The molecule has 1 aliphatic heterocycles. The van der Waals surface area contributed by atoms with Gasteiger partial charge in [-0.05, 0) is 62.7 Å². The third-order valence-electron chi connectivity index (χ3n) is 6.83. The monoisotopic (exact) mass is 414 g/mol. The summed E-state index contributed by atoms with van der Waals surface area (Å²) in [6, 6.07) is 0. The highest BCUT2D eigenvalue weighted by Crippen LogP contribution is 2.48. The molecular weight excluding hydrogens is 380 g/mol. The number of amides is 2. The molecule has 0 radical (unpaired) electrons. The maximum Gasteiger partial charge on any atom is 0.235 e. The molecule has 7 nitrogen and oxygen atoms in total. The fraction of sp³-hybridized carbons (Fsp3) is 0.900. The zero-order chi connectivity index (χ0) is 20.4. The van der Waals surface area contributed by atoms with Crippen LogP contribution in [0.15, 0.2) is 0 Å². The second kappa shape index (κ2) is 8.30. The van der Waals surface area contributed by atoms with Crippen LogP contribution >= 0.6 is 0 Å². The molecule has 1 saturated heterocycles. The van der Waals surface area contributed by atoms with E-state index in [4.69, 9.17) is 4.74 Å². The summed E-state index contributed by atoms with van der Waals surface area (Å²) in [6.45, 7) is 3.23. The lowest BCUT2D eigenvalue weighted by atomic mass is 9.77. The molecule has 2 amide bonds. The normalized spacial score (nSPS) is 25.6. The Balaban J connectivity index is 1.46. The molecule has 160 valence electrons. The van der Waals surface area contributed by atoms with Crippen LogP contribution in [-0.2, 0) is 24.3 Å². The first-order chi connectivity index (χ1) is 13.1. The highest BCUT2D eigenvalue weighted by Gasteiger charge is 2.41. The number of nitrogens with one attached hydrogen (secondary N) is 1. The van der Waals surface area contributed by atoms with Gasteiger partial charge in [0.05, 0.1) is 17.8 Å². The Bertz CT molecular complexity index is 692. The minimum Gasteiger partial charge on any atom is -0.378 e. The van der Waals surface area contributed by atoms with E-state index < -0.39 is 15.9 Å². The van der Waals surface area contributed by atoms with E-state index >= 15 is 0 Å². The number of likely N-dealkylation sites (tertiary alicyclic amines) is 1. The number of sulfonamides is 1. The van der Waals surface area contributed by atoms with Gasteiger partial charge >= 0.3 is 0 Å². The fourth-order valence-corrected chi connectivity index (χ4v) is 5.72. The van der Waals surface area contributed by atoms with E-state index in [2.05, 4.69) is 11.6 Å². The molecule has 3 aliphatic rings. The van der Waals surface area contributed by atoms with Crippen molar-refractivity contribution in [1.29, 1.82) is 0 Å². The highest BCUT2D eigenvalue weighted by molar-refractivity contribution is 7.90. The molecule has 1 unspecified atom stereocenters. The van der Waals surface area contributed by atoms with Gasteiger partial charge < -0.3 is 9.64 Å². The lowest BCUT2D eigenvalue weighted by Crippen LogP contribution is -2.48. The molecular formula is C20H34N2O5S. The maximum atomic E-state index is 12.7. The topological polar surface area (TPSA) is 92.8 Å². The smallest absolute Gasteiger partial charge is 0.235 e. The average Bonchev–Trinajstić information content (AvgIpc) is 3.33. The number of piperidine rings is 1. The van der Waals surface area contributed by atoms with Gasteiger partial charge in [0, 0.05) is 26.6 Å². The summed E-state index contributed by atoms with van der Waals surface area (Å²) < 4.78 is 32.6. The molecule has 0 spiro atoms. The zero-order valence-corrected chi connectivity index (χ0v) is 18.0. The lowest BCUT2D eigenvalue weighted by Gasteiger charge is -2.42. The van der Waals surface area contributed by atoms with Crippen molar-refractivity contribution in [1.82, 2.24) is 9.62 Å². The Morgan fingerprint density at radius 1 is 1.18 bits per heavy atom. The molecule has 0 aromatic rings. The highest BCUT2D eigenvalue weighted by atomic mass is 32.2. The van der Waals surface area contributed by atoms with Crippen molar-refractivity contribution in [2.75, 3.05) is 26.0 Å². The van der Waals surface area contributed by atoms with Gasteiger partial charge in [-0.2, -0.15) is 0 Å². The average molecular weight is 415 g/mol. The summed E-state index contributed by atoms with van der Waals surface area (Å²) >= 11 is 0. The van der Waals surface area contributed by atoms with Gasteiger partial charge in [-0.25, -0.2) is 8.42 Å². The molecule has 0 aromatic heterocycles. The first-order valence-corrected chi connectivity index (χ1v) is 12.2. The van der Waals surface area contributed by atoms with Gasteiger partial charge in [-0.15, -0.1) is 0 Å². The quantitative estimate of drug-likeness (QED) is 0.624. The van der Waals surface area contributed by atoms with E-state index in [-0.39, 0.29) is 35.0 Å². The van der Waals surface area contributed by atoms with Gasteiger partial charge in [-0.3, -0.25) is 14.3 Å². The fourth-order valence-electron chi connectivity index (χ4n) is 4.29. The number of nitrogens with zero attached hydrogens (tertiary/aromatic N) is 1. The van der Waals surface area contributed by atoms with Crippen LogP contribution in [-0.4, -0.2) is 56.7 Å². The first-order valence-electron chi connectivity index (χ1n) is 10.5. The van der Waals surface area contributed by atoms with E-state index in [1.165, 1.54) is 0 Å². The summed E-state index contributed by atoms with van der Waals surface area (Å²) in [5, 5.41) is 0. The predicted molar refractivity (Wildman–Crippen MR) is 106 cm³/mol. The largest absolute Gasteiger partial charge is 0.378 e. The van der Waals surface area contributed by atoms with Crippen LogP contribution in [0.3, 0.4) is 0 Å². The van der Waals surface area contributed by atoms with Crippen LogP contribution in [0.5, 0.6) is 0 Å². The van der Waals surface area contributed by atoms with Crippen LogP contribution in [0.25, 0.3) is 0 Å². The Morgan fingerprint density at radius 2 is 1.89 bits per heavy atom. The van der Waals surface area contributed by atoms with Crippen LogP contribution in [0.1, 0.15) is 71.1 Å². The summed E-state index contributed by atoms with van der Waals surface area (Å²) in [4.78, 5) is 26.5. The van der Waals surface area contributed by atoms with Crippen molar-refractivity contribution >= 4 is 21.8 Å². The summed E-state index contributed by atoms with van der Waals surface area (Å²) in [5.41, 5.74) is -0.0897. The van der Waals surface area contributed by atoms with Crippen molar-refractivity contribution in [2.24, 2.45) is 11.3 Å². The number of ether oxygens (including phenoxy) is 1. The van der Waals surface area contributed by atoms with E-state index in [0.29, 0.717) is 19.5 Å². The summed E-state index contributed by atoms with van der Waals surface area (Å²) in [5.74, 6) is -0.604. The Kier molecular flexibility index (Phi) is 6.39. The third kappa shape index (κ3) is 5.69. The van der Waals surface area contributed by atoms with E-state index in [1.54, 1.807) is 12.0 Å². The van der Waals surface area contributed by atoms with Crippen LogP contribution in [0.4, 0.5) is 0 Å². The van der Waals surface area contributed by atoms with Gasteiger partial charge in [0.2, 0.25) is 21.8 Å². The molecule has 2 aliphatic carbocycles. The number of hydrogen-bond donors (Lipinski definition) is 1. The molecule has 3 fully saturated rings. The minimum absolute atomic E-state index is 0.0466. The zero-order valence-electron chi connectivity index (χ0n) is 17.2. The molecule has 0 bridgehead atoms.